The van der Waals surface area contributed by atoms with Crippen molar-refractivity contribution in [3.05, 3.63) is 36.0 Å². The first-order valence-corrected chi connectivity index (χ1v) is 8.74. The number of carbonyl (C=O) groups is 1. The molecule has 2 N–H and O–H groups in total. The fraction of sp³-hybridized carbons (Fsp3) is 0.421. The maximum Gasteiger partial charge on any atom is 0.240 e. The number of hydrogen-bond donors (Lipinski definition) is 2. The zero-order valence-corrected chi connectivity index (χ0v) is 14.9. The van der Waals surface area contributed by atoms with Crippen LogP contribution in [0, 0.1) is 0 Å². The Bertz CT molecular complexity index is 677. The molecular formula is C19H26N4O2. The summed E-state index contributed by atoms with van der Waals surface area (Å²) in [6.45, 7) is 2.18. The van der Waals surface area contributed by atoms with Gasteiger partial charge in [-0.05, 0) is 30.7 Å². The van der Waals surface area contributed by atoms with Gasteiger partial charge in [0.1, 0.15) is 5.75 Å². The number of methoxy groups -OCH3 is 1. The van der Waals surface area contributed by atoms with Crippen LogP contribution in [0.15, 0.2) is 35.6 Å². The molecule has 0 aliphatic carbocycles. The van der Waals surface area contributed by atoms with Crippen molar-refractivity contribution in [2.75, 3.05) is 7.11 Å². The monoisotopic (exact) mass is 342 g/mol. The number of aromatic amines is 1. The number of benzene rings is 1. The zero-order valence-electron chi connectivity index (χ0n) is 14.9. The van der Waals surface area contributed by atoms with Crippen LogP contribution < -0.4 is 10.2 Å². The molecule has 0 aliphatic heterocycles. The highest BCUT2D eigenvalue weighted by Gasteiger charge is 2.06. The molecule has 0 spiro atoms. The first-order chi connectivity index (χ1) is 12.2. The van der Waals surface area contributed by atoms with Crippen LogP contribution in [0.3, 0.4) is 0 Å². The number of H-pyrrole nitrogens is 1. The van der Waals surface area contributed by atoms with E-state index in [0.717, 1.165) is 35.4 Å². The topological polar surface area (TPSA) is 79.4 Å². The summed E-state index contributed by atoms with van der Waals surface area (Å²) in [7, 11) is 1.63. The van der Waals surface area contributed by atoms with Crippen LogP contribution in [-0.2, 0) is 4.79 Å². The van der Waals surface area contributed by atoms with E-state index in [1.165, 1.54) is 19.3 Å². The molecule has 0 saturated heterocycles. The summed E-state index contributed by atoms with van der Waals surface area (Å²) >= 11 is 0. The molecular weight excluding hydrogens is 316 g/mol. The molecule has 6 nitrogen and oxygen atoms in total. The number of hydrazone groups is 1. The maximum atomic E-state index is 11.8. The normalized spacial score (nSPS) is 11.0. The Labute approximate surface area is 148 Å². The van der Waals surface area contributed by atoms with Crippen LogP contribution in [0.2, 0.25) is 0 Å². The number of aromatic nitrogens is 2. The predicted octanol–water partition coefficient (Wildman–Crippen LogP) is 3.90. The summed E-state index contributed by atoms with van der Waals surface area (Å²) in [6, 6.07) is 7.66. The van der Waals surface area contributed by atoms with E-state index in [1.807, 2.05) is 24.3 Å². The van der Waals surface area contributed by atoms with Crippen LogP contribution in [0.5, 0.6) is 5.75 Å². The number of hydrogen-bond acceptors (Lipinski definition) is 4. The second-order valence-corrected chi connectivity index (χ2v) is 5.89. The van der Waals surface area contributed by atoms with Gasteiger partial charge in [0.05, 0.1) is 25.2 Å². The minimum atomic E-state index is -0.0535. The molecule has 0 atom stereocenters. The molecule has 0 unspecified atom stereocenters. The molecule has 1 heterocycles. The lowest BCUT2D eigenvalue weighted by molar-refractivity contribution is -0.121. The van der Waals surface area contributed by atoms with Crippen molar-refractivity contribution in [3.8, 4) is 17.0 Å². The number of amides is 1. The predicted molar refractivity (Wildman–Crippen MR) is 99.7 cm³/mol. The third-order valence-electron chi connectivity index (χ3n) is 3.95. The third-order valence-corrected chi connectivity index (χ3v) is 3.95. The van der Waals surface area contributed by atoms with Gasteiger partial charge in [-0.2, -0.15) is 10.2 Å². The Morgan fingerprint density at radius 2 is 2.00 bits per heavy atom. The average molecular weight is 342 g/mol. The van der Waals surface area contributed by atoms with Crippen LogP contribution in [-0.4, -0.2) is 29.4 Å². The lowest BCUT2D eigenvalue weighted by atomic mass is 10.1. The molecule has 0 saturated carbocycles. The van der Waals surface area contributed by atoms with Crippen molar-refractivity contribution < 1.29 is 9.53 Å². The van der Waals surface area contributed by atoms with Gasteiger partial charge in [0.15, 0.2) is 0 Å². The minimum Gasteiger partial charge on any atom is -0.497 e. The van der Waals surface area contributed by atoms with Crippen LogP contribution >= 0.6 is 0 Å². The van der Waals surface area contributed by atoms with Crippen molar-refractivity contribution >= 4 is 12.1 Å². The van der Waals surface area contributed by atoms with Crippen molar-refractivity contribution in [2.24, 2.45) is 5.10 Å². The van der Waals surface area contributed by atoms with Crippen molar-refractivity contribution in [3.63, 3.8) is 0 Å². The fourth-order valence-corrected chi connectivity index (χ4v) is 2.50. The SMILES string of the molecule is CCCCCCCC(=O)N/N=C\c1cn[nH]c1-c1ccc(OC)cc1. The first-order valence-electron chi connectivity index (χ1n) is 8.74. The van der Waals surface area contributed by atoms with Crippen LogP contribution in [0.25, 0.3) is 11.3 Å². The summed E-state index contributed by atoms with van der Waals surface area (Å²) in [5.74, 6) is 0.743. The van der Waals surface area contributed by atoms with Crippen molar-refractivity contribution in [2.45, 2.75) is 45.4 Å². The highest BCUT2D eigenvalue weighted by atomic mass is 16.5. The Morgan fingerprint density at radius 1 is 1.24 bits per heavy atom. The van der Waals surface area contributed by atoms with E-state index in [9.17, 15) is 4.79 Å². The lowest BCUT2D eigenvalue weighted by Crippen LogP contribution is -2.16. The minimum absolute atomic E-state index is 0.0535. The quantitative estimate of drug-likeness (QED) is 0.390. The molecule has 0 aliphatic rings. The maximum absolute atomic E-state index is 11.8. The second kappa shape index (κ2) is 10.3. The summed E-state index contributed by atoms with van der Waals surface area (Å²) in [4.78, 5) is 11.8. The molecule has 0 bridgehead atoms. The molecule has 1 aromatic heterocycles. The Hall–Kier alpha value is -2.63. The highest BCUT2D eigenvalue weighted by molar-refractivity contribution is 5.89. The summed E-state index contributed by atoms with van der Waals surface area (Å²) < 4.78 is 5.16. The summed E-state index contributed by atoms with van der Waals surface area (Å²) in [5, 5.41) is 11.1. The van der Waals surface area contributed by atoms with Crippen LogP contribution in [0.1, 0.15) is 51.0 Å². The summed E-state index contributed by atoms with van der Waals surface area (Å²) in [6.07, 6.45) is 9.42. The highest BCUT2D eigenvalue weighted by Crippen LogP contribution is 2.22. The number of rotatable bonds is 10. The lowest BCUT2D eigenvalue weighted by Gasteiger charge is -2.03. The molecule has 1 amide bonds. The number of ether oxygens (including phenoxy) is 1. The Morgan fingerprint density at radius 3 is 2.72 bits per heavy atom. The molecule has 0 fully saturated rings. The van der Waals surface area contributed by atoms with Gasteiger partial charge in [-0.25, -0.2) is 5.43 Å². The molecule has 1 aromatic carbocycles. The van der Waals surface area contributed by atoms with Gasteiger partial charge in [-0.1, -0.05) is 32.6 Å². The summed E-state index contributed by atoms with van der Waals surface area (Å²) in [5.41, 5.74) is 5.21. The molecule has 6 heteroatoms. The first kappa shape index (κ1) is 18.7. The van der Waals surface area contributed by atoms with E-state index in [2.05, 4.69) is 27.6 Å². The van der Waals surface area contributed by atoms with E-state index >= 15 is 0 Å². The van der Waals surface area contributed by atoms with Crippen molar-refractivity contribution in [1.29, 1.82) is 0 Å². The third kappa shape index (κ3) is 6.06. The van der Waals surface area contributed by atoms with Gasteiger partial charge in [-0.15, -0.1) is 0 Å². The van der Waals surface area contributed by atoms with Crippen molar-refractivity contribution in [1.82, 2.24) is 15.6 Å². The molecule has 25 heavy (non-hydrogen) atoms. The van der Waals surface area contributed by atoms with Gasteiger partial charge in [0, 0.05) is 17.5 Å². The standard InChI is InChI=1S/C19H26N4O2/c1-3-4-5-6-7-8-18(24)22-20-13-16-14-21-23-19(16)15-9-11-17(25-2)12-10-15/h9-14H,3-8H2,1-2H3,(H,21,23)(H,22,24)/b20-13-. The number of carbonyl (C=O) groups excluding carboxylic acids is 1. The number of nitrogens with zero attached hydrogens (tertiary/aromatic N) is 2. The average Bonchev–Trinajstić information content (AvgIpc) is 3.10. The van der Waals surface area contributed by atoms with E-state index in [-0.39, 0.29) is 5.91 Å². The zero-order chi connectivity index (χ0) is 17.9. The molecule has 2 rings (SSSR count). The van der Waals surface area contributed by atoms with E-state index in [4.69, 9.17) is 4.74 Å². The largest absolute Gasteiger partial charge is 0.497 e. The fourth-order valence-electron chi connectivity index (χ4n) is 2.50. The smallest absolute Gasteiger partial charge is 0.240 e. The van der Waals surface area contributed by atoms with E-state index in [1.54, 1.807) is 19.5 Å². The second-order valence-electron chi connectivity index (χ2n) is 5.89. The number of unbranched alkanes of at least 4 members (excludes halogenated alkanes) is 4. The van der Waals surface area contributed by atoms with Crippen LogP contribution in [0.4, 0.5) is 0 Å². The van der Waals surface area contributed by atoms with E-state index < -0.39 is 0 Å². The van der Waals surface area contributed by atoms with Gasteiger partial charge >= 0.3 is 0 Å². The Kier molecular flexibility index (Phi) is 7.69. The van der Waals surface area contributed by atoms with Gasteiger partial charge in [0.2, 0.25) is 5.91 Å². The molecule has 134 valence electrons. The van der Waals surface area contributed by atoms with Gasteiger partial charge in [-0.3, -0.25) is 9.89 Å². The number of nitrogens with one attached hydrogen (secondary N) is 2. The molecule has 0 radical (unpaired) electrons. The van der Waals surface area contributed by atoms with E-state index in [0.29, 0.717) is 6.42 Å². The van der Waals surface area contributed by atoms with Gasteiger partial charge in [0.25, 0.3) is 0 Å². The Balaban J connectivity index is 1.85. The molecule has 2 aromatic rings. The van der Waals surface area contributed by atoms with Gasteiger partial charge < -0.3 is 4.74 Å².